The standard InChI is InChI=1S/C25H32FN3O2/c1-4-27-28-23(20-7-5-6-8-22(20)26)15-21-19-10-9-18(16(2)24(19)21)25(30)29-13-11-17(31-3)12-14-29/h5-8,15,17,19,21,24H,4,9-14H2,1-3H3/b23-15-,28-27?/t19?,21?,24-/m1/s1. The molecule has 2 aliphatic carbocycles. The Bertz CT molecular complexity index is 915. The second-order valence-corrected chi connectivity index (χ2v) is 8.78. The third-order valence-electron chi connectivity index (χ3n) is 7.07. The number of amides is 1. The molecule has 0 aromatic heterocycles. The van der Waals surface area contributed by atoms with Crippen LogP contribution in [-0.4, -0.2) is 43.7 Å². The molecule has 1 aliphatic heterocycles. The number of methoxy groups -OCH3 is 1. The van der Waals surface area contributed by atoms with Crippen molar-refractivity contribution >= 4 is 11.6 Å². The lowest BCUT2D eigenvalue weighted by atomic mass is 9.91. The van der Waals surface area contributed by atoms with E-state index in [1.807, 2.05) is 17.9 Å². The van der Waals surface area contributed by atoms with Gasteiger partial charge in [-0.25, -0.2) is 4.39 Å². The smallest absolute Gasteiger partial charge is 0.249 e. The third kappa shape index (κ3) is 4.49. The predicted octanol–water partition coefficient (Wildman–Crippen LogP) is 5.25. The van der Waals surface area contributed by atoms with Gasteiger partial charge in [-0.15, -0.1) is 0 Å². The van der Waals surface area contributed by atoms with Crippen LogP contribution >= 0.6 is 0 Å². The highest BCUT2D eigenvalue weighted by atomic mass is 19.1. The Morgan fingerprint density at radius 3 is 2.68 bits per heavy atom. The predicted molar refractivity (Wildman–Crippen MR) is 119 cm³/mol. The molecular weight excluding hydrogens is 393 g/mol. The van der Waals surface area contributed by atoms with Crippen LogP contribution in [0.25, 0.3) is 5.70 Å². The molecule has 4 rings (SSSR count). The molecule has 3 atom stereocenters. The molecule has 3 aliphatic rings. The van der Waals surface area contributed by atoms with Crippen LogP contribution in [0, 0.1) is 23.6 Å². The molecule has 1 amide bonds. The minimum atomic E-state index is -0.282. The lowest BCUT2D eigenvalue weighted by Gasteiger charge is -2.33. The number of carbonyl (C=O) groups is 1. The fraction of sp³-hybridized carbons (Fsp3) is 0.560. The number of piperidine rings is 1. The van der Waals surface area contributed by atoms with Gasteiger partial charge >= 0.3 is 0 Å². The molecule has 0 radical (unpaired) electrons. The number of halogens is 1. The van der Waals surface area contributed by atoms with E-state index in [0.717, 1.165) is 44.3 Å². The van der Waals surface area contributed by atoms with Crippen molar-refractivity contribution in [3.63, 3.8) is 0 Å². The van der Waals surface area contributed by atoms with Crippen LogP contribution in [0.15, 0.2) is 51.7 Å². The van der Waals surface area contributed by atoms with Crippen molar-refractivity contribution in [3.05, 3.63) is 52.9 Å². The van der Waals surface area contributed by atoms with Crippen molar-refractivity contribution in [2.45, 2.75) is 45.6 Å². The van der Waals surface area contributed by atoms with E-state index in [9.17, 15) is 9.18 Å². The Balaban J connectivity index is 1.53. The first kappa shape index (κ1) is 21.9. The Kier molecular flexibility index (Phi) is 6.65. The van der Waals surface area contributed by atoms with Crippen molar-refractivity contribution in [2.24, 2.45) is 28.0 Å². The lowest BCUT2D eigenvalue weighted by Crippen LogP contribution is -2.41. The van der Waals surface area contributed by atoms with Gasteiger partial charge in [0.1, 0.15) is 5.82 Å². The number of rotatable bonds is 6. The Morgan fingerprint density at radius 1 is 1.26 bits per heavy atom. The molecule has 1 aromatic carbocycles. The molecule has 2 unspecified atom stereocenters. The van der Waals surface area contributed by atoms with Crippen LogP contribution in [0.4, 0.5) is 4.39 Å². The van der Waals surface area contributed by atoms with E-state index < -0.39 is 0 Å². The number of hydrogen-bond donors (Lipinski definition) is 0. The molecule has 5 nitrogen and oxygen atoms in total. The fourth-order valence-electron chi connectivity index (χ4n) is 5.26. The second-order valence-electron chi connectivity index (χ2n) is 8.78. The zero-order valence-corrected chi connectivity index (χ0v) is 18.7. The van der Waals surface area contributed by atoms with Crippen molar-refractivity contribution in [1.82, 2.24) is 4.90 Å². The second kappa shape index (κ2) is 9.43. The van der Waals surface area contributed by atoms with E-state index in [2.05, 4.69) is 23.2 Å². The normalized spacial score (nSPS) is 27.0. The Hall–Kier alpha value is -2.34. The largest absolute Gasteiger partial charge is 0.381 e. The minimum absolute atomic E-state index is 0.195. The first-order valence-corrected chi connectivity index (χ1v) is 11.4. The zero-order chi connectivity index (χ0) is 22.0. The Morgan fingerprint density at radius 2 is 2.00 bits per heavy atom. The maximum absolute atomic E-state index is 14.4. The summed E-state index contributed by atoms with van der Waals surface area (Å²) in [6.07, 6.45) is 5.97. The van der Waals surface area contributed by atoms with Gasteiger partial charge in [-0.3, -0.25) is 4.79 Å². The van der Waals surface area contributed by atoms with Crippen molar-refractivity contribution < 1.29 is 13.9 Å². The van der Waals surface area contributed by atoms with Crippen LogP contribution in [0.1, 0.15) is 45.1 Å². The molecule has 0 spiro atoms. The van der Waals surface area contributed by atoms with Gasteiger partial charge < -0.3 is 9.64 Å². The van der Waals surface area contributed by atoms with Crippen LogP contribution in [0.3, 0.4) is 0 Å². The van der Waals surface area contributed by atoms with E-state index in [0.29, 0.717) is 29.6 Å². The number of azo groups is 1. The van der Waals surface area contributed by atoms with Gasteiger partial charge in [-0.1, -0.05) is 23.8 Å². The average molecular weight is 426 g/mol. The summed E-state index contributed by atoms with van der Waals surface area (Å²) in [5.41, 5.74) is 3.27. The van der Waals surface area contributed by atoms with Crippen molar-refractivity contribution in [1.29, 1.82) is 0 Å². The van der Waals surface area contributed by atoms with Crippen LogP contribution < -0.4 is 0 Å². The van der Waals surface area contributed by atoms with Crippen LogP contribution in [0.5, 0.6) is 0 Å². The number of hydrogen-bond acceptors (Lipinski definition) is 4. The van der Waals surface area contributed by atoms with Crippen molar-refractivity contribution in [2.75, 3.05) is 26.7 Å². The summed E-state index contributed by atoms with van der Waals surface area (Å²) in [6.45, 7) is 6.11. The quantitative estimate of drug-likeness (QED) is 0.585. The average Bonchev–Trinajstić information content (AvgIpc) is 3.50. The van der Waals surface area contributed by atoms with Gasteiger partial charge in [0.2, 0.25) is 5.91 Å². The number of ether oxygens (including phenoxy) is 1. The molecule has 2 fully saturated rings. The number of likely N-dealkylation sites (tertiary alicyclic amines) is 1. The summed E-state index contributed by atoms with van der Waals surface area (Å²) >= 11 is 0. The van der Waals surface area contributed by atoms with Gasteiger partial charge in [-0.05, 0) is 69.4 Å². The molecule has 1 heterocycles. The summed E-state index contributed by atoms with van der Waals surface area (Å²) < 4.78 is 19.8. The van der Waals surface area contributed by atoms with Crippen molar-refractivity contribution in [3.8, 4) is 0 Å². The van der Waals surface area contributed by atoms with Gasteiger partial charge in [0, 0.05) is 31.3 Å². The SMILES string of the molecule is CCN=N/C(=C\C1C2CCC(C(=O)N3CCC(OC)CC3)=C(C)[C@@H]12)c1ccccc1F. The number of nitrogens with zero attached hydrogens (tertiary/aromatic N) is 3. The van der Waals surface area contributed by atoms with Gasteiger partial charge in [0.05, 0.1) is 18.3 Å². The maximum Gasteiger partial charge on any atom is 0.249 e. The molecule has 31 heavy (non-hydrogen) atoms. The van der Waals surface area contributed by atoms with Crippen LogP contribution in [0.2, 0.25) is 0 Å². The van der Waals surface area contributed by atoms with E-state index in [4.69, 9.17) is 4.74 Å². The summed E-state index contributed by atoms with van der Waals surface area (Å²) in [7, 11) is 1.74. The zero-order valence-electron chi connectivity index (χ0n) is 18.7. The molecule has 166 valence electrons. The topological polar surface area (TPSA) is 54.3 Å². The van der Waals surface area contributed by atoms with Gasteiger partial charge in [-0.2, -0.15) is 10.2 Å². The summed E-state index contributed by atoms with van der Waals surface area (Å²) in [6, 6.07) is 6.72. The number of carbonyl (C=O) groups excluding carboxylic acids is 1. The summed E-state index contributed by atoms with van der Waals surface area (Å²) in [4.78, 5) is 15.2. The fourth-order valence-corrected chi connectivity index (χ4v) is 5.26. The Labute approximate surface area is 184 Å². The minimum Gasteiger partial charge on any atom is -0.381 e. The molecule has 6 heteroatoms. The highest BCUT2D eigenvalue weighted by Gasteiger charge is 2.52. The lowest BCUT2D eigenvalue weighted by molar-refractivity contribution is -0.129. The molecular formula is C25H32FN3O2. The maximum atomic E-state index is 14.4. The van der Waals surface area contributed by atoms with Gasteiger partial charge in [0.15, 0.2) is 0 Å². The monoisotopic (exact) mass is 425 g/mol. The van der Waals surface area contributed by atoms with E-state index in [1.165, 1.54) is 11.6 Å². The van der Waals surface area contributed by atoms with E-state index >= 15 is 0 Å². The highest BCUT2D eigenvalue weighted by molar-refractivity contribution is 5.94. The number of allylic oxidation sites excluding steroid dienone is 2. The van der Waals surface area contributed by atoms with Crippen LogP contribution in [-0.2, 0) is 9.53 Å². The summed E-state index contributed by atoms with van der Waals surface area (Å²) in [5, 5.41) is 8.45. The molecule has 1 aromatic rings. The first-order chi connectivity index (χ1) is 15.0. The van der Waals surface area contributed by atoms with E-state index in [1.54, 1.807) is 19.2 Å². The van der Waals surface area contributed by atoms with Gasteiger partial charge in [0.25, 0.3) is 0 Å². The summed E-state index contributed by atoms with van der Waals surface area (Å²) in [5.74, 6) is 1.06. The molecule has 0 bridgehead atoms. The first-order valence-electron chi connectivity index (χ1n) is 11.4. The molecule has 0 N–H and O–H groups in total. The highest BCUT2D eigenvalue weighted by Crippen LogP contribution is 2.59. The third-order valence-corrected chi connectivity index (χ3v) is 7.07. The molecule has 1 saturated carbocycles. The molecule has 1 saturated heterocycles. The number of benzene rings is 1. The number of fused-ring (bicyclic) bond motifs is 1. The van der Waals surface area contributed by atoms with E-state index in [-0.39, 0.29) is 23.7 Å².